The molecule has 788 valence electrons. The lowest BCUT2D eigenvalue weighted by atomic mass is 9.84. The molecule has 3 saturated heterocycles. The highest BCUT2D eigenvalue weighted by molar-refractivity contribution is 7.99. The number of carbonyl (C=O) groups excluding carboxylic acids is 6. The van der Waals surface area contributed by atoms with Crippen molar-refractivity contribution in [3.63, 3.8) is 0 Å². The molecule has 24 nitrogen and oxygen atoms in total. The van der Waals surface area contributed by atoms with Gasteiger partial charge < -0.3 is 63.5 Å². The van der Waals surface area contributed by atoms with Crippen LogP contribution in [0.4, 0.5) is 9.59 Å². The molecule has 8 unspecified atom stereocenters. The van der Waals surface area contributed by atoms with Gasteiger partial charge in [-0.2, -0.15) is 0 Å². The van der Waals surface area contributed by atoms with Crippen molar-refractivity contribution >= 4 is 106 Å². The molecule has 4 heterocycles. The third-order valence-electron chi connectivity index (χ3n) is 29.0. The van der Waals surface area contributed by atoms with Crippen LogP contribution >= 0.6 is 47.0 Å². The Hall–Kier alpha value is -11.4. The van der Waals surface area contributed by atoms with Crippen LogP contribution in [0.2, 0.25) is 0 Å². The van der Waals surface area contributed by atoms with Crippen molar-refractivity contribution in [3.8, 4) is 28.7 Å². The molecule has 0 bridgehead atoms. The maximum atomic E-state index is 13.8. The monoisotopic (exact) mass is 2080 g/mol. The number of ketones is 4. The number of hydrogen-bond donors (Lipinski definition) is 4. The summed E-state index contributed by atoms with van der Waals surface area (Å²) in [6, 6.07) is 50.9. The molecule has 4 N–H and O–H groups in total. The Balaban J connectivity index is 0.000000187. The highest BCUT2D eigenvalue weighted by atomic mass is 32.2. The number of hydrogen-bond acceptors (Lipinski definition) is 22. The van der Waals surface area contributed by atoms with E-state index in [-0.39, 0.29) is 71.5 Å². The number of carboxylic acids is 4. The number of carbonyl (C=O) groups is 10. The summed E-state index contributed by atoms with van der Waals surface area (Å²) in [6.07, 6.45) is 20.6. The number of carboxylic acid groups (broad SMARTS) is 4. The maximum Gasteiger partial charge on any atom is 0.415 e. The zero-order valence-electron chi connectivity index (χ0n) is 89.5. The van der Waals surface area contributed by atoms with E-state index in [1.165, 1.54) is 49.9 Å². The van der Waals surface area contributed by atoms with Gasteiger partial charge in [0.15, 0.2) is 51.3 Å². The number of likely N-dealkylation sites (tertiary alicyclic amines) is 3. The van der Waals surface area contributed by atoms with Gasteiger partial charge in [0.1, 0.15) is 29.1 Å². The van der Waals surface area contributed by atoms with E-state index >= 15 is 0 Å². The van der Waals surface area contributed by atoms with Gasteiger partial charge in [-0.05, 0) is 384 Å². The van der Waals surface area contributed by atoms with Crippen LogP contribution in [0.3, 0.4) is 0 Å². The Morgan fingerprint density at radius 2 is 0.660 bits per heavy atom. The van der Waals surface area contributed by atoms with Gasteiger partial charge in [-0.15, -0.1) is 47.0 Å². The molecule has 8 atom stereocenters. The number of rotatable bonds is 36. The zero-order chi connectivity index (χ0) is 108. The SMILES string of the molecule is CSc1ccc(C(=O)C2CCCC2CCc2cc(C)c(OC(C)(C)C(=O)O)c(C)c2)cc1.CSc1ccc(C(=O)C2CN(C(=O)OC3CCC(C)CC3)CC2Cc2cc(C)c(OC(C)(C)C(=O)O)c(C)c2)cc1.CSc1ccc(C(=O)C2CN(C(=O)Oc3ccc(C)nc3)CC2Cc2cc(C)c(OC(C)(C)C(=O)O)c(C)c2)cc1.CSc1ccc(C(=O)C2CN(C)CC2CCc2cc(C)c(OC(C)(C)C(=O)O)c(C)c2)cc1. The number of pyridine rings is 1. The minimum atomic E-state index is -1.38. The van der Waals surface area contributed by atoms with Crippen LogP contribution in [-0.2, 0) is 49.6 Å². The van der Waals surface area contributed by atoms with E-state index in [0.717, 1.165) is 171 Å². The fraction of sp³-hybridized carbons (Fsp3) is 0.471. The second kappa shape index (κ2) is 51.2. The number of amides is 2. The summed E-state index contributed by atoms with van der Waals surface area (Å²) < 4.78 is 34.9. The Labute approximate surface area is 884 Å². The Kier molecular flexibility index (Phi) is 40.3. The lowest BCUT2D eigenvalue weighted by Gasteiger charge is -2.28. The zero-order valence-corrected chi connectivity index (χ0v) is 92.8. The van der Waals surface area contributed by atoms with Crippen molar-refractivity contribution in [3.05, 3.63) is 259 Å². The second-order valence-electron chi connectivity index (χ2n) is 42.5. The fourth-order valence-corrected chi connectivity index (χ4v) is 22.0. The van der Waals surface area contributed by atoms with Crippen molar-refractivity contribution in [1.29, 1.82) is 0 Å². The molecule has 0 spiro atoms. The smallest absolute Gasteiger partial charge is 0.415 e. The second-order valence-corrected chi connectivity index (χ2v) is 46.0. The molecule has 147 heavy (non-hydrogen) atoms. The van der Waals surface area contributed by atoms with Crippen LogP contribution in [0.15, 0.2) is 184 Å². The first-order chi connectivity index (χ1) is 69.4. The molecule has 14 rings (SSSR count). The fourth-order valence-electron chi connectivity index (χ4n) is 20.4. The van der Waals surface area contributed by atoms with Crippen molar-refractivity contribution < 1.29 is 96.8 Å². The Bertz CT molecular complexity index is 6080. The maximum absolute atomic E-state index is 13.8. The first-order valence-electron chi connectivity index (χ1n) is 50.8. The number of ether oxygens (including phenoxy) is 6. The summed E-state index contributed by atoms with van der Waals surface area (Å²) in [6.45, 7) is 35.0. The van der Waals surface area contributed by atoms with Crippen molar-refractivity contribution in [1.82, 2.24) is 19.7 Å². The van der Waals surface area contributed by atoms with Crippen LogP contribution in [0.5, 0.6) is 28.7 Å². The van der Waals surface area contributed by atoms with Gasteiger partial charge in [0.25, 0.3) is 0 Å². The third-order valence-corrected chi connectivity index (χ3v) is 32.0. The summed E-state index contributed by atoms with van der Waals surface area (Å²) in [4.78, 5) is 141. The molecule has 5 fully saturated rings. The van der Waals surface area contributed by atoms with Gasteiger partial charge in [-0.1, -0.05) is 110 Å². The summed E-state index contributed by atoms with van der Waals surface area (Å²) in [7, 11) is 2.09. The molecular formula is C119H148N4O20S4. The molecular weight excluding hydrogens is 1930 g/mol. The van der Waals surface area contributed by atoms with E-state index in [4.69, 9.17) is 28.4 Å². The lowest BCUT2D eigenvalue weighted by Crippen LogP contribution is -2.38. The molecule has 3 aliphatic heterocycles. The van der Waals surface area contributed by atoms with E-state index in [2.05, 4.69) is 48.1 Å². The highest BCUT2D eigenvalue weighted by Crippen LogP contribution is 2.43. The largest absolute Gasteiger partial charge is 0.478 e. The van der Waals surface area contributed by atoms with Crippen LogP contribution in [-0.4, -0.2) is 199 Å². The molecule has 8 aromatic carbocycles. The van der Waals surface area contributed by atoms with Crippen LogP contribution in [0.25, 0.3) is 0 Å². The number of aliphatic carboxylic acids is 4. The van der Waals surface area contributed by atoms with Crippen molar-refractivity contribution in [2.24, 2.45) is 53.3 Å². The minimum absolute atomic E-state index is 0.00781. The first-order valence-corrected chi connectivity index (χ1v) is 55.7. The lowest BCUT2D eigenvalue weighted by molar-refractivity contribution is -0.152. The molecule has 2 aliphatic carbocycles. The molecule has 28 heteroatoms. The average molecular weight is 2080 g/mol. The predicted octanol–water partition coefficient (Wildman–Crippen LogP) is 24.9. The van der Waals surface area contributed by atoms with Crippen LogP contribution < -0.4 is 23.7 Å². The number of aryl methyl sites for hydroxylation is 11. The first kappa shape index (κ1) is 116. The predicted molar refractivity (Wildman–Crippen MR) is 583 cm³/mol. The molecule has 5 aliphatic rings. The summed E-state index contributed by atoms with van der Waals surface area (Å²) in [5, 5.41) is 37.8. The Morgan fingerprint density at radius 1 is 0.354 bits per heavy atom. The van der Waals surface area contributed by atoms with E-state index in [1.807, 2.05) is 209 Å². The summed E-state index contributed by atoms with van der Waals surface area (Å²) >= 11 is 6.60. The number of nitrogens with zero attached hydrogens (tertiary/aromatic N) is 4. The van der Waals surface area contributed by atoms with Gasteiger partial charge in [0.05, 0.1) is 6.20 Å². The number of benzene rings is 8. The normalized spacial score (nSPS) is 19.4. The van der Waals surface area contributed by atoms with E-state index < -0.39 is 58.3 Å². The van der Waals surface area contributed by atoms with Crippen molar-refractivity contribution in [2.75, 3.05) is 71.3 Å². The third kappa shape index (κ3) is 30.9. The topological polar surface area (TPSA) is 330 Å². The van der Waals surface area contributed by atoms with E-state index in [0.29, 0.717) is 90.1 Å². The highest BCUT2D eigenvalue weighted by Gasteiger charge is 2.45. The standard InChI is InChI=1S/C33H43NO6S.C32H36N2O6S.C27H35NO4S.C27H34O4S/c1-20-7-11-26(12-8-20)39-32(38)34-18-25(28(19-34)29(35)24-9-13-27(41-6)14-10-24)17-23-15-21(2)30(22(3)16-23)40-33(4,5)31(36)37;1-19-13-22(14-20(2)29(19)40-32(4,5)30(36)37)15-24-17-34(31(38)39-25-10-7-21(3)33-16-25)18-27(24)28(35)23-8-11-26(41-6)12-9-23;1-17-13-19(14-18(2)25(17)32-27(3,4)26(30)31)7-8-21-15-28(5)16-23(21)24(29)20-9-11-22(33-6)12-10-20;1-17-15-19(16-18(2)25(17)31-27(3,4)26(29)30)9-10-20-7-6-8-23(20)24(28)21-11-13-22(32-5)14-12-21/h9-10,13-16,20,25-26,28H,7-8,11-12,17-19H2,1-6H3,(H,36,37);7-14,16,24,27H,15,17-18H2,1-6H3,(H,36,37);9-14,21,23H,7-8,15-16H2,1-6H3,(H,30,31);11-16,20,23H,6-10H2,1-5H3,(H,29,30). The molecule has 1 aromatic heterocycles. The quantitative estimate of drug-likeness (QED) is 0.0209. The Morgan fingerprint density at radius 3 is 0.973 bits per heavy atom. The molecule has 2 saturated carbocycles. The van der Waals surface area contributed by atoms with Gasteiger partial charge in [-0.3, -0.25) is 24.2 Å². The van der Waals surface area contributed by atoms with Crippen molar-refractivity contribution in [2.45, 2.75) is 256 Å². The van der Waals surface area contributed by atoms with Gasteiger partial charge in [0, 0.05) is 110 Å². The number of thioether (sulfide) groups is 4. The summed E-state index contributed by atoms with van der Waals surface area (Å²) in [5.74, 6) is -0.274. The minimum Gasteiger partial charge on any atom is -0.478 e. The summed E-state index contributed by atoms with van der Waals surface area (Å²) in [5.41, 5.74) is 9.89. The van der Waals surface area contributed by atoms with Gasteiger partial charge in [-0.25, -0.2) is 28.8 Å². The molecule has 9 aromatic rings. The van der Waals surface area contributed by atoms with E-state index in [9.17, 15) is 68.4 Å². The number of Topliss-reactive ketones (excluding diaryl/α,β-unsaturated/α-hetero) is 4. The van der Waals surface area contributed by atoms with Crippen LogP contribution in [0, 0.1) is 116 Å². The van der Waals surface area contributed by atoms with Gasteiger partial charge >= 0.3 is 36.1 Å². The van der Waals surface area contributed by atoms with Crippen LogP contribution in [0.1, 0.15) is 234 Å². The molecule has 0 radical (unpaired) electrons. The van der Waals surface area contributed by atoms with E-state index in [1.54, 1.807) is 96.7 Å². The van der Waals surface area contributed by atoms with Gasteiger partial charge in [0.2, 0.25) is 0 Å². The number of aromatic nitrogens is 1. The average Bonchev–Trinajstić information content (AvgIpc) is 1.64. The molecule has 2 amide bonds.